The molecule has 1 N–H and O–H groups in total. The van der Waals surface area contributed by atoms with Crippen molar-refractivity contribution in [3.63, 3.8) is 0 Å². The van der Waals surface area contributed by atoms with Crippen molar-refractivity contribution in [2.45, 2.75) is 51.4 Å². The standard InChI is InChI=1S/C25H27N5O3S2/c1-15-6-7-18(11-16(15)2)21-13-34-24(26-21)27-22(31)14-35-25-29-28-23(20-8-10-32-17(20)3)30(25)12-19-5-4-9-33-19/h6-8,10-11,13,19H,4-5,9,12,14H2,1-3H3,(H,26,27,31). The summed E-state index contributed by atoms with van der Waals surface area (Å²) < 4.78 is 13.4. The average molecular weight is 510 g/mol. The molecule has 0 aliphatic carbocycles. The topological polar surface area (TPSA) is 95.1 Å². The molecule has 1 amide bonds. The molecule has 3 aromatic heterocycles. The van der Waals surface area contributed by atoms with Crippen molar-refractivity contribution in [2.24, 2.45) is 0 Å². The summed E-state index contributed by atoms with van der Waals surface area (Å²) in [5.41, 5.74) is 5.26. The number of aromatic nitrogens is 4. The number of thioether (sulfide) groups is 1. The van der Waals surface area contributed by atoms with Gasteiger partial charge >= 0.3 is 0 Å². The molecule has 0 saturated carbocycles. The minimum atomic E-state index is -0.135. The van der Waals surface area contributed by atoms with E-state index in [1.54, 1.807) is 6.26 Å². The van der Waals surface area contributed by atoms with E-state index in [0.29, 0.717) is 16.8 Å². The van der Waals surface area contributed by atoms with E-state index in [4.69, 9.17) is 9.15 Å². The fourth-order valence-corrected chi connectivity index (χ4v) is 5.50. The van der Waals surface area contributed by atoms with Gasteiger partial charge < -0.3 is 14.5 Å². The van der Waals surface area contributed by atoms with Crippen LogP contribution in [0.2, 0.25) is 0 Å². The van der Waals surface area contributed by atoms with E-state index in [-0.39, 0.29) is 17.8 Å². The fourth-order valence-electron chi connectivity index (χ4n) is 4.02. The highest BCUT2D eigenvalue weighted by molar-refractivity contribution is 7.99. The Kier molecular flexibility index (Phi) is 7.03. The van der Waals surface area contributed by atoms with Crippen LogP contribution >= 0.6 is 23.1 Å². The van der Waals surface area contributed by atoms with E-state index < -0.39 is 0 Å². The zero-order valence-corrected chi connectivity index (χ0v) is 21.5. The summed E-state index contributed by atoms with van der Waals surface area (Å²) in [5.74, 6) is 1.58. The molecule has 182 valence electrons. The highest BCUT2D eigenvalue weighted by Gasteiger charge is 2.23. The summed E-state index contributed by atoms with van der Waals surface area (Å²) >= 11 is 2.78. The van der Waals surface area contributed by atoms with Crippen LogP contribution in [0.4, 0.5) is 5.13 Å². The van der Waals surface area contributed by atoms with E-state index in [0.717, 1.165) is 47.9 Å². The SMILES string of the molecule is Cc1ccc(-c2csc(NC(=O)CSc3nnc(-c4ccoc4C)n3CC3CCCO3)n2)cc1C. The van der Waals surface area contributed by atoms with E-state index in [1.165, 1.54) is 34.2 Å². The minimum Gasteiger partial charge on any atom is -0.469 e. The van der Waals surface area contributed by atoms with Gasteiger partial charge in [0.15, 0.2) is 16.1 Å². The van der Waals surface area contributed by atoms with Crippen LogP contribution in [-0.2, 0) is 16.1 Å². The van der Waals surface area contributed by atoms with E-state index in [1.807, 2.05) is 22.9 Å². The zero-order chi connectivity index (χ0) is 24.4. The molecule has 10 heteroatoms. The van der Waals surface area contributed by atoms with Crippen LogP contribution in [0.15, 0.2) is 45.5 Å². The Labute approximate surface area is 212 Å². The third-order valence-corrected chi connectivity index (χ3v) is 7.84. The molecule has 4 heterocycles. The van der Waals surface area contributed by atoms with Gasteiger partial charge in [-0.2, -0.15) is 0 Å². The number of thiazole rings is 1. The molecule has 1 saturated heterocycles. The van der Waals surface area contributed by atoms with Crippen molar-refractivity contribution in [1.82, 2.24) is 19.7 Å². The van der Waals surface area contributed by atoms with Crippen molar-refractivity contribution in [3.05, 3.63) is 52.8 Å². The van der Waals surface area contributed by atoms with Gasteiger partial charge in [0.05, 0.1) is 35.9 Å². The van der Waals surface area contributed by atoms with Gasteiger partial charge in [0.25, 0.3) is 0 Å². The summed E-state index contributed by atoms with van der Waals surface area (Å²) in [6, 6.07) is 8.15. The number of anilines is 1. The van der Waals surface area contributed by atoms with E-state index in [2.05, 4.69) is 52.5 Å². The molecule has 8 nitrogen and oxygen atoms in total. The third-order valence-electron chi connectivity index (χ3n) is 6.11. The van der Waals surface area contributed by atoms with Crippen LogP contribution < -0.4 is 5.32 Å². The van der Waals surface area contributed by atoms with Gasteiger partial charge in [-0.05, 0) is 56.9 Å². The Morgan fingerprint density at radius 1 is 1.23 bits per heavy atom. The molecule has 1 atom stereocenters. The lowest BCUT2D eigenvalue weighted by molar-refractivity contribution is -0.113. The Bertz CT molecular complexity index is 1340. The van der Waals surface area contributed by atoms with Crippen molar-refractivity contribution in [3.8, 4) is 22.6 Å². The second-order valence-electron chi connectivity index (χ2n) is 8.62. The van der Waals surface area contributed by atoms with Gasteiger partial charge in [0, 0.05) is 17.6 Å². The first-order valence-corrected chi connectivity index (χ1v) is 13.4. The Morgan fingerprint density at radius 3 is 2.86 bits per heavy atom. The van der Waals surface area contributed by atoms with Gasteiger partial charge in [-0.25, -0.2) is 4.98 Å². The molecule has 5 rings (SSSR count). The molecular formula is C25H27N5O3S2. The number of furan rings is 1. The van der Waals surface area contributed by atoms with Crippen molar-refractivity contribution in [1.29, 1.82) is 0 Å². The number of hydrogen-bond donors (Lipinski definition) is 1. The molecule has 1 aliphatic rings. The number of carbonyl (C=O) groups is 1. The first kappa shape index (κ1) is 23.8. The van der Waals surface area contributed by atoms with Gasteiger partial charge in [0.1, 0.15) is 5.76 Å². The second kappa shape index (κ2) is 10.3. The minimum absolute atomic E-state index is 0.115. The summed E-state index contributed by atoms with van der Waals surface area (Å²) in [6.07, 6.45) is 3.81. The maximum atomic E-state index is 12.7. The fraction of sp³-hybridized carbons (Fsp3) is 0.360. The Morgan fingerprint density at radius 2 is 2.11 bits per heavy atom. The van der Waals surface area contributed by atoms with Crippen molar-refractivity contribution < 1.29 is 13.9 Å². The molecule has 1 fully saturated rings. The lowest BCUT2D eigenvalue weighted by Crippen LogP contribution is -2.18. The van der Waals surface area contributed by atoms with Gasteiger partial charge in [-0.15, -0.1) is 21.5 Å². The number of ether oxygens (including phenoxy) is 1. The van der Waals surface area contributed by atoms with Crippen LogP contribution in [0.25, 0.3) is 22.6 Å². The van der Waals surface area contributed by atoms with E-state index >= 15 is 0 Å². The van der Waals surface area contributed by atoms with Crippen molar-refractivity contribution in [2.75, 3.05) is 17.7 Å². The highest BCUT2D eigenvalue weighted by atomic mass is 32.2. The summed E-state index contributed by atoms with van der Waals surface area (Å²) in [4.78, 5) is 17.3. The maximum absolute atomic E-state index is 12.7. The molecule has 1 unspecified atom stereocenters. The number of nitrogens with zero attached hydrogens (tertiary/aromatic N) is 4. The number of carbonyl (C=O) groups excluding carboxylic acids is 1. The van der Waals surface area contributed by atoms with Crippen LogP contribution in [0.5, 0.6) is 0 Å². The first-order valence-electron chi connectivity index (χ1n) is 11.5. The average Bonchev–Trinajstić information content (AvgIpc) is 3.64. The molecule has 4 aromatic rings. The summed E-state index contributed by atoms with van der Waals surface area (Å²) in [6.45, 7) is 7.49. The first-order chi connectivity index (χ1) is 17.0. The molecular weight excluding hydrogens is 482 g/mol. The maximum Gasteiger partial charge on any atom is 0.236 e. The molecule has 0 spiro atoms. The third kappa shape index (κ3) is 5.34. The Balaban J connectivity index is 1.26. The van der Waals surface area contributed by atoms with Crippen molar-refractivity contribution >= 4 is 34.1 Å². The normalized spacial score (nSPS) is 15.6. The largest absolute Gasteiger partial charge is 0.469 e. The van der Waals surface area contributed by atoms with Gasteiger partial charge in [-0.3, -0.25) is 9.36 Å². The lowest BCUT2D eigenvalue weighted by atomic mass is 10.1. The predicted molar refractivity (Wildman–Crippen MR) is 138 cm³/mol. The molecule has 0 bridgehead atoms. The number of nitrogens with one attached hydrogen (secondary N) is 1. The van der Waals surface area contributed by atoms with Gasteiger partial charge in [-0.1, -0.05) is 23.9 Å². The number of benzene rings is 1. The summed E-state index contributed by atoms with van der Waals surface area (Å²) in [5, 5.41) is 14.9. The Hall–Kier alpha value is -2.95. The van der Waals surface area contributed by atoms with Crippen LogP contribution in [0.3, 0.4) is 0 Å². The number of rotatable bonds is 8. The number of amides is 1. The van der Waals surface area contributed by atoms with Crippen LogP contribution in [0, 0.1) is 20.8 Å². The second-order valence-corrected chi connectivity index (χ2v) is 10.4. The monoisotopic (exact) mass is 509 g/mol. The highest BCUT2D eigenvalue weighted by Crippen LogP contribution is 2.30. The molecule has 1 aromatic carbocycles. The van der Waals surface area contributed by atoms with Gasteiger partial charge in [0.2, 0.25) is 5.91 Å². The molecule has 1 aliphatic heterocycles. The quantitative estimate of drug-likeness (QED) is 0.314. The molecule has 0 radical (unpaired) electrons. The van der Waals surface area contributed by atoms with Crippen LogP contribution in [0.1, 0.15) is 29.7 Å². The number of aryl methyl sites for hydroxylation is 3. The zero-order valence-electron chi connectivity index (χ0n) is 19.9. The summed E-state index contributed by atoms with van der Waals surface area (Å²) in [7, 11) is 0. The van der Waals surface area contributed by atoms with E-state index in [9.17, 15) is 4.79 Å². The molecule has 35 heavy (non-hydrogen) atoms. The van der Waals surface area contributed by atoms with Crippen LogP contribution in [-0.4, -0.2) is 44.1 Å². The smallest absolute Gasteiger partial charge is 0.236 e. The predicted octanol–water partition coefficient (Wildman–Crippen LogP) is 5.50. The number of hydrogen-bond acceptors (Lipinski definition) is 8. The lowest BCUT2D eigenvalue weighted by Gasteiger charge is -2.14.